The van der Waals surface area contributed by atoms with Gasteiger partial charge in [0.2, 0.25) is 5.89 Å². The molecule has 0 fully saturated rings. The first-order valence-electron chi connectivity index (χ1n) is 8.98. The molecule has 0 spiro atoms. The average molecular weight is 478 g/mol. The lowest BCUT2D eigenvalue weighted by Gasteiger charge is -2.09. The Morgan fingerprint density at radius 2 is 1.68 bits per heavy atom. The van der Waals surface area contributed by atoms with Crippen LogP contribution in [0.15, 0.2) is 52.9 Å². The molecular weight excluding hydrogens is 463 g/mol. The van der Waals surface area contributed by atoms with Gasteiger partial charge in [0, 0.05) is 16.8 Å². The summed E-state index contributed by atoms with van der Waals surface area (Å²) in [5.41, 5.74) is 2.67. The first-order chi connectivity index (χ1) is 14.9. The van der Waals surface area contributed by atoms with Gasteiger partial charge in [0.05, 0.1) is 29.3 Å². The van der Waals surface area contributed by atoms with Gasteiger partial charge in [-0.3, -0.25) is 4.79 Å². The number of amides is 1. The summed E-state index contributed by atoms with van der Waals surface area (Å²) >= 11 is 18.4. The highest BCUT2D eigenvalue weighted by molar-refractivity contribution is 6.37. The van der Waals surface area contributed by atoms with Crippen LogP contribution in [0.4, 0.5) is 5.69 Å². The lowest BCUT2D eigenvalue weighted by Crippen LogP contribution is -2.12. The molecule has 31 heavy (non-hydrogen) atoms. The largest absolute Gasteiger partial charge is 0.495 e. The minimum Gasteiger partial charge on any atom is -0.495 e. The van der Waals surface area contributed by atoms with E-state index in [-0.39, 0.29) is 16.0 Å². The fourth-order valence-corrected chi connectivity index (χ4v) is 3.92. The maximum Gasteiger partial charge on any atom is 0.255 e. The van der Waals surface area contributed by atoms with Crippen molar-refractivity contribution in [2.45, 2.75) is 0 Å². The minimum absolute atomic E-state index is 0.245. The van der Waals surface area contributed by atoms with E-state index in [2.05, 4.69) is 10.3 Å². The smallest absolute Gasteiger partial charge is 0.255 e. The number of hydrogen-bond donors (Lipinski definition) is 1. The van der Waals surface area contributed by atoms with Crippen LogP contribution in [0.1, 0.15) is 10.4 Å². The van der Waals surface area contributed by atoms with Crippen molar-refractivity contribution in [2.75, 3.05) is 19.5 Å². The zero-order valence-electron chi connectivity index (χ0n) is 16.3. The third-order valence-corrected chi connectivity index (χ3v) is 5.37. The summed E-state index contributed by atoms with van der Waals surface area (Å²) in [6, 6.07) is 13.4. The van der Waals surface area contributed by atoms with E-state index >= 15 is 0 Å². The van der Waals surface area contributed by atoms with Gasteiger partial charge in [0.25, 0.3) is 5.91 Å². The highest BCUT2D eigenvalue weighted by Crippen LogP contribution is 2.35. The van der Waals surface area contributed by atoms with E-state index in [4.69, 9.17) is 48.7 Å². The van der Waals surface area contributed by atoms with Crippen molar-refractivity contribution in [1.29, 1.82) is 0 Å². The van der Waals surface area contributed by atoms with Crippen LogP contribution in [0.5, 0.6) is 11.5 Å². The Morgan fingerprint density at radius 1 is 0.935 bits per heavy atom. The number of methoxy groups -OCH3 is 2. The number of nitrogens with zero attached hydrogens (tertiary/aromatic N) is 1. The quantitative estimate of drug-likeness (QED) is 0.345. The van der Waals surface area contributed by atoms with Crippen LogP contribution in [-0.2, 0) is 0 Å². The summed E-state index contributed by atoms with van der Waals surface area (Å²) in [4.78, 5) is 17.1. The molecule has 4 rings (SSSR count). The molecule has 0 aliphatic carbocycles. The number of benzene rings is 3. The minimum atomic E-state index is -0.378. The normalized spacial score (nSPS) is 10.9. The first kappa shape index (κ1) is 21.3. The van der Waals surface area contributed by atoms with E-state index in [9.17, 15) is 4.79 Å². The molecule has 0 unspecified atom stereocenters. The Hall–Kier alpha value is -2.93. The molecule has 0 aliphatic rings. The molecular formula is C22H15Cl3N2O4. The maximum absolute atomic E-state index is 12.6. The molecule has 158 valence electrons. The lowest BCUT2D eigenvalue weighted by molar-refractivity contribution is 0.102. The summed E-state index contributed by atoms with van der Waals surface area (Å²) < 4.78 is 16.1. The number of rotatable bonds is 5. The zero-order valence-corrected chi connectivity index (χ0v) is 18.6. The summed E-state index contributed by atoms with van der Waals surface area (Å²) in [5, 5.41) is 3.74. The zero-order chi connectivity index (χ0) is 22.1. The predicted molar refractivity (Wildman–Crippen MR) is 122 cm³/mol. The molecule has 0 saturated heterocycles. The number of oxazole rings is 1. The van der Waals surface area contributed by atoms with Crippen LogP contribution < -0.4 is 14.8 Å². The fraction of sp³-hybridized carbons (Fsp3) is 0.0909. The van der Waals surface area contributed by atoms with Gasteiger partial charge in [-0.15, -0.1) is 0 Å². The SMILES string of the molecule is COc1ccc(-c2nc3cc(NC(=O)c4cc(Cl)c(OC)c(Cl)c4)ccc3o2)cc1Cl. The third kappa shape index (κ3) is 4.28. The van der Waals surface area contributed by atoms with E-state index in [0.29, 0.717) is 50.3 Å². The third-order valence-electron chi connectivity index (χ3n) is 4.51. The molecule has 0 radical (unpaired) electrons. The van der Waals surface area contributed by atoms with Gasteiger partial charge in [0.15, 0.2) is 11.3 Å². The number of hydrogen-bond acceptors (Lipinski definition) is 5. The standard InChI is InChI=1S/C22H15Cl3N2O4/c1-29-18-5-3-11(7-14(18)23)22-27-17-10-13(4-6-19(17)31-22)26-21(28)12-8-15(24)20(30-2)16(25)9-12/h3-10H,1-2H3,(H,26,28). The summed E-state index contributed by atoms with van der Waals surface area (Å²) in [6.45, 7) is 0. The average Bonchev–Trinajstić information content (AvgIpc) is 3.17. The second kappa shape index (κ2) is 8.67. The van der Waals surface area contributed by atoms with Gasteiger partial charge < -0.3 is 19.2 Å². The number of anilines is 1. The number of halogens is 3. The molecule has 0 bridgehead atoms. The molecule has 4 aromatic rings. The molecule has 0 aliphatic heterocycles. The van der Waals surface area contributed by atoms with Crippen LogP contribution in [-0.4, -0.2) is 25.1 Å². The molecule has 1 aromatic heterocycles. The summed E-state index contributed by atoms with van der Waals surface area (Å²) in [5.74, 6) is 0.897. The van der Waals surface area contributed by atoms with Crippen LogP contribution in [0, 0.1) is 0 Å². The molecule has 6 nitrogen and oxygen atoms in total. The Morgan fingerprint density at radius 3 is 2.32 bits per heavy atom. The van der Waals surface area contributed by atoms with Gasteiger partial charge in [-0.25, -0.2) is 4.98 Å². The van der Waals surface area contributed by atoms with Gasteiger partial charge in [0.1, 0.15) is 11.3 Å². The van der Waals surface area contributed by atoms with Crippen molar-refractivity contribution in [3.05, 3.63) is 69.2 Å². The van der Waals surface area contributed by atoms with Crippen molar-refractivity contribution in [3.63, 3.8) is 0 Å². The maximum atomic E-state index is 12.6. The molecule has 1 amide bonds. The van der Waals surface area contributed by atoms with Crippen molar-refractivity contribution < 1.29 is 18.7 Å². The van der Waals surface area contributed by atoms with Gasteiger partial charge in [-0.1, -0.05) is 34.8 Å². The lowest BCUT2D eigenvalue weighted by atomic mass is 10.2. The highest BCUT2D eigenvalue weighted by atomic mass is 35.5. The number of fused-ring (bicyclic) bond motifs is 1. The van der Waals surface area contributed by atoms with E-state index in [1.54, 1.807) is 43.5 Å². The molecule has 1 heterocycles. The monoisotopic (exact) mass is 476 g/mol. The second-order valence-electron chi connectivity index (χ2n) is 6.48. The predicted octanol–water partition coefficient (Wildman–Crippen LogP) is 6.72. The number of carbonyl (C=O) groups excluding carboxylic acids is 1. The molecule has 9 heteroatoms. The van der Waals surface area contributed by atoms with E-state index < -0.39 is 0 Å². The van der Waals surface area contributed by atoms with Crippen molar-refractivity contribution in [2.24, 2.45) is 0 Å². The van der Waals surface area contributed by atoms with Crippen molar-refractivity contribution in [3.8, 4) is 23.0 Å². The number of ether oxygens (including phenoxy) is 2. The van der Waals surface area contributed by atoms with Gasteiger partial charge >= 0.3 is 0 Å². The molecule has 0 atom stereocenters. The Kier molecular flexibility index (Phi) is 5.96. The fourth-order valence-electron chi connectivity index (χ4n) is 3.02. The molecule has 1 N–H and O–H groups in total. The number of aromatic nitrogens is 1. The Balaban J connectivity index is 1.60. The second-order valence-corrected chi connectivity index (χ2v) is 7.70. The Labute approximate surface area is 192 Å². The van der Waals surface area contributed by atoms with Gasteiger partial charge in [-0.2, -0.15) is 0 Å². The first-order valence-corrected chi connectivity index (χ1v) is 10.1. The van der Waals surface area contributed by atoms with Crippen molar-refractivity contribution >= 4 is 57.5 Å². The van der Waals surface area contributed by atoms with E-state index in [1.165, 1.54) is 19.2 Å². The van der Waals surface area contributed by atoms with E-state index in [1.807, 2.05) is 0 Å². The van der Waals surface area contributed by atoms with Crippen molar-refractivity contribution in [1.82, 2.24) is 4.98 Å². The molecule has 3 aromatic carbocycles. The van der Waals surface area contributed by atoms with Crippen LogP contribution >= 0.6 is 34.8 Å². The molecule has 0 saturated carbocycles. The summed E-state index contributed by atoms with van der Waals surface area (Å²) in [7, 11) is 3.00. The Bertz CT molecular complexity index is 1280. The topological polar surface area (TPSA) is 73.6 Å². The van der Waals surface area contributed by atoms with Crippen LogP contribution in [0.25, 0.3) is 22.6 Å². The number of nitrogens with one attached hydrogen (secondary N) is 1. The van der Waals surface area contributed by atoms with Gasteiger partial charge in [-0.05, 0) is 48.5 Å². The van der Waals surface area contributed by atoms with Crippen LogP contribution in [0.3, 0.4) is 0 Å². The van der Waals surface area contributed by atoms with E-state index in [0.717, 1.165) is 0 Å². The summed E-state index contributed by atoms with van der Waals surface area (Å²) in [6.07, 6.45) is 0. The number of carbonyl (C=O) groups is 1. The highest BCUT2D eigenvalue weighted by Gasteiger charge is 2.15. The van der Waals surface area contributed by atoms with Crippen LogP contribution in [0.2, 0.25) is 15.1 Å².